The van der Waals surface area contributed by atoms with E-state index in [9.17, 15) is 4.79 Å². The lowest BCUT2D eigenvalue weighted by Gasteiger charge is -2.12. The molecule has 0 aliphatic carbocycles. The van der Waals surface area contributed by atoms with Gasteiger partial charge in [0.05, 0.1) is 0 Å². The molecule has 4 heteroatoms. The lowest BCUT2D eigenvalue weighted by atomic mass is 10.1. The van der Waals surface area contributed by atoms with Gasteiger partial charge >= 0.3 is 0 Å². The molecule has 0 saturated carbocycles. The van der Waals surface area contributed by atoms with Gasteiger partial charge in [0.2, 0.25) is 5.91 Å². The second kappa shape index (κ2) is 6.86. The summed E-state index contributed by atoms with van der Waals surface area (Å²) in [6, 6.07) is 5.83. The number of ether oxygens (including phenoxy) is 1. The fourth-order valence-corrected chi connectivity index (χ4v) is 2.32. The molecular weight excluding hydrogens is 252 g/mol. The van der Waals surface area contributed by atoms with Crippen LogP contribution in [-0.4, -0.2) is 25.7 Å². The third kappa shape index (κ3) is 3.81. The van der Waals surface area contributed by atoms with Crippen molar-refractivity contribution < 1.29 is 9.53 Å². The van der Waals surface area contributed by atoms with Crippen molar-refractivity contribution in [3.63, 3.8) is 0 Å². The van der Waals surface area contributed by atoms with E-state index in [0.29, 0.717) is 5.92 Å². The lowest BCUT2D eigenvalue weighted by molar-refractivity contribution is -0.117. The Morgan fingerprint density at radius 1 is 1.40 bits per heavy atom. The van der Waals surface area contributed by atoms with Gasteiger partial charge < -0.3 is 15.4 Å². The molecule has 110 valence electrons. The van der Waals surface area contributed by atoms with E-state index in [4.69, 9.17) is 4.74 Å². The van der Waals surface area contributed by atoms with Crippen molar-refractivity contribution in [1.29, 1.82) is 0 Å². The molecule has 1 aromatic carbocycles. The van der Waals surface area contributed by atoms with Crippen molar-refractivity contribution >= 4 is 11.6 Å². The Labute approximate surface area is 120 Å². The van der Waals surface area contributed by atoms with Crippen LogP contribution < -0.4 is 10.6 Å². The summed E-state index contributed by atoms with van der Waals surface area (Å²) in [5.74, 6) is 0.604. The smallest absolute Gasteiger partial charge is 0.246 e. The number of nitrogens with one attached hydrogen (secondary N) is 2. The number of anilines is 1. The van der Waals surface area contributed by atoms with Gasteiger partial charge in [-0.3, -0.25) is 4.79 Å². The third-order valence-electron chi connectivity index (χ3n) is 3.30. The summed E-state index contributed by atoms with van der Waals surface area (Å²) in [7, 11) is 0. The standard InChI is InChI=1S/C16H24N2O2/c1-11(2)10-20-8-4-7-17-15-13-9-12(3)5-6-14(13)18-16(15)19/h5-6,9,11,15,17H,4,7-8,10H2,1-3H3,(H,18,19). The second-order valence-electron chi connectivity index (χ2n) is 5.79. The highest BCUT2D eigenvalue weighted by Crippen LogP contribution is 2.31. The quantitative estimate of drug-likeness (QED) is 0.753. The highest BCUT2D eigenvalue weighted by Gasteiger charge is 2.29. The van der Waals surface area contributed by atoms with Crippen molar-refractivity contribution in [3.05, 3.63) is 29.3 Å². The van der Waals surface area contributed by atoms with Gasteiger partial charge in [0.15, 0.2) is 0 Å². The third-order valence-corrected chi connectivity index (χ3v) is 3.30. The number of carbonyl (C=O) groups is 1. The molecule has 2 rings (SSSR count). The van der Waals surface area contributed by atoms with Gasteiger partial charge in [-0.25, -0.2) is 0 Å². The summed E-state index contributed by atoms with van der Waals surface area (Å²) in [6.45, 7) is 8.64. The summed E-state index contributed by atoms with van der Waals surface area (Å²) in [6.07, 6.45) is 0.914. The van der Waals surface area contributed by atoms with Gasteiger partial charge in [0, 0.05) is 24.5 Å². The molecule has 1 aliphatic rings. The molecular formula is C16H24N2O2. The first-order valence-corrected chi connectivity index (χ1v) is 7.30. The molecule has 1 atom stereocenters. The van der Waals surface area contributed by atoms with Crippen molar-refractivity contribution in [3.8, 4) is 0 Å². The average molecular weight is 276 g/mol. The highest BCUT2D eigenvalue weighted by molar-refractivity contribution is 6.02. The number of fused-ring (bicyclic) bond motifs is 1. The van der Waals surface area contributed by atoms with Crippen LogP contribution in [0.5, 0.6) is 0 Å². The zero-order valence-electron chi connectivity index (χ0n) is 12.5. The molecule has 0 aromatic heterocycles. The molecule has 1 unspecified atom stereocenters. The largest absolute Gasteiger partial charge is 0.381 e. The second-order valence-corrected chi connectivity index (χ2v) is 5.79. The number of amides is 1. The molecule has 0 spiro atoms. The fourth-order valence-electron chi connectivity index (χ4n) is 2.32. The zero-order chi connectivity index (χ0) is 14.5. The maximum atomic E-state index is 11.9. The van der Waals surface area contributed by atoms with Crippen LogP contribution in [-0.2, 0) is 9.53 Å². The Kier molecular flexibility index (Phi) is 5.15. The van der Waals surface area contributed by atoms with Crippen LogP contribution >= 0.6 is 0 Å². The molecule has 1 aliphatic heterocycles. The number of aryl methyl sites for hydroxylation is 1. The minimum atomic E-state index is -0.227. The number of rotatable bonds is 7. The first kappa shape index (κ1) is 15.0. The van der Waals surface area contributed by atoms with E-state index >= 15 is 0 Å². The van der Waals surface area contributed by atoms with Crippen LogP contribution in [0.4, 0.5) is 5.69 Å². The van der Waals surface area contributed by atoms with E-state index in [-0.39, 0.29) is 11.9 Å². The summed E-state index contributed by atoms with van der Waals surface area (Å²) in [4.78, 5) is 11.9. The number of benzene rings is 1. The van der Waals surface area contributed by atoms with Crippen molar-refractivity contribution in [1.82, 2.24) is 5.32 Å². The predicted molar refractivity (Wildman–Crippen MR) is 80.8 cm³/mol. The van der Waals surface area contributed by atoms with Crippen LogP contribution in [0.3, 0.4) is 0 Å². The zero-order valence-corrected chi connectivity index (χ0v) is 12.5. The van der Waals surface area contributed by atoms with Gasteiger partial charge in [-0.05, 0) is 31.9 Å². The van der Waals surface area contributed by atoms with Gasteiger partial charge in [-0.15, -0.1) is 0 Å². The molecule has 1 aromatic rings. The summed E-state index contributed by atoms with van der Waals surface area (Å²) < 4.78 is 5.53. The van der Waals surface area contributed by atoms with E-state index in [1.54, 1.807) is 0 Å². The van der Waals surface area contributed by atoms with Crippen molar-refractivity contribution in [2.75, 3.05) is 25.1 Å². The van der Waals surface area contributed by atoms with E-state index in [1.807, 2.05) is 19.1 Å². The Bertz CT molecular complexity index is 472. The van der Waals surface area contributed by atoms with Crippen LogP contribution in [0.2, 0.25) is 0 Å². The van der Waals surface area contributed by atoms with E-state index in [0.717, 1.165) is 37.4 Å². The molecule has 20 heavy (non-hydrogen) atoms. The van der Waals surface area contributed by atoms with Crippen LogP contribution in [0.15, 0.2) is 18.2 Å². The van der Waals surface area contributed by atoms with Crippen LogP contribution in [0, 0.1) is 12.8 Å². The Morgan fingerprint density at radius 2 is 2.20 bits per heavy atom. The monoisotopic (exact) mass is 276 g/mol. The Morgan fingerprint density at radius 3 is 2.95 bits per heavy atom. The molecule has 1 heterocycles. The van der Waals surface area contributed by atoms with E-state index < -0.39 is 0 Å². The molecule has 1 amide bonds. The molecule has 2 N–H and O–H groups in total. The molecule has 0 saturated heterocycles. The Balaban J connectivity index is 1.79. The van der Waals surface area contributed by atoms with Gasteiger partial charge in [0.25, 0.3) is 0 Å². The fraction of sp³-hybridized carbons (Fsp3) is 0.562. The number of hydrogen-bond acceptors (Lipinski definition) is 3. The molecule has 0 radical (unpaired) electrons. The van der Waals surface area contributed by atoms with E-state index in [1.165, 1.54) is 5.56 Å². The SMILES string of the molecule is Cc1ccc2c(c1)C(NCCCOCC(C)C)C(=O)N2. The maximum absolute atomic E-state index is 11.9. The first-order valence-electron chi connectivity index (χ1n) is 7.30. The molecule has 0 bridgehead atoms. The average Bonchev–Trinajstić information content (AvgIpc) is 2.69. The van der Waals surface area contributed by atoms with Crippen LogP contribution in [0.25, 0.3) is 0 Å². The lowest BCUT2D eigenvalue weighted by Crippen LogP contribution is -2.29. The van der Waals surface area contributed by atoms with Crippen molar-refractivity contribution in [2.24, 2.45) is 5.92 Å². The predicted octanol–water partition coefficient (Wildman–Crippen LogP) is 2.64. The molecule has 4 nitrogen and oxygen atoms in total. The van der Waals surface area contributed by atoms with Gasteiger partial charge in [-0.2, -0.15) is 0 Å². The minimum Gasteiger partial charge on any atom is -0.381 e. The summed E-state index contributed by atoms with van der Waals surface area (Å²) in [5, 5.41) is 6.22. The minimum absolute atomic E-state index is 0.0358. The summed E-state index contributed by atoms with van der Waals surface area (Å²) in [5.41, 5.74) is 3.15. The summed E-state index contributed by atoms with van der Waals surface area (Å²) >= 11 is 0. The number of hydrogen-bond donors (Lipinski definition) is 2. The molecule has 0 fully saturated rings. The first-order chi connectivity index (χ1) is 9.58. The van der Waals surface area contributed by atoms with E-state index in [2.05, 4.69) is 30.5 Å². The number of carbonyl (C=O) groups excluding carboxylic acids is 1. The Hall–Kier alpha value is -1.39. The van der Waals surface area contributed by atoms with Crippen molar-refractivity contribution in [2.45, 2.75) is 33.2 Å². The maximum Gasteiger partial charge on any atom is 0.246 e. The van der Waals surface area contributed by atoms with Gasteiger partial charge in [0.1, 0.15) is 6.04 Å². The topological polar surface area (TPSA) is 50.4 Å². The van der Waals surface area contributed by atoms with Crippen LogP contribution in [0.1, 0.15) is 37.4 Å². The van der Waals surface area contributed by atoms with Gasteiger partial charge in [-0.1, -0.05) is 31.5 Å². The normalized spacial score (nSPS) is 17.4. The highest BCUT2D eigenvalue weighted by atomic mass is 16.5.